The number of hydrogen-bond donors (Lipinski definition) is 2. The summed E-state index contributed by atoms with van der Waals surface area (Å²) in [5.74, 6) is 0.910. The first-order valence-electron chi connectivity index (χ1n) is 10.1. The van der Waals surface area contributed by atoms with Gasteiger partial charge in [0.25, 0.3) is 0 Å². The molecule has 0 radical (unpaired) electrons. The third kappa shape index (κ3) is 4.89. The van der Waals surface area contributed by atoms with Crippen molar-refractivity contribution in [2.45, 2.75) is 65.0 Å². The Kier molecular flexibility index (Phi) is 7.02. The Morgan fingerprint density at radius 1 is 1.25 bits per heavy atom. The summed E-state index contributed by atoms with van der Waals surface area (Å²) in [6.07, 6.45) is 6.27. The summed E-state index contributed by atoms with van der Waals surface area (Å²) in [4.78, 5) is 21.4. The Bertz CT molecular complexity index is 811. The molecule has 0 saturated carbocycles. The monoisotopic (exact) mass is 404 g/mol. The van der Waals surface area contributed by atoms with Crippen LogP contribution in [0.1, 0.15) is 53.4 Å². The van der Waals surface area contributed by atoms with Crippen LogP contribution in [0.15, 0.2) is 6.07 Å². The van der Waals surface area contributed by atoms with Crippen LogP contribution < -0.4 is 10.6 Å². The molecule has 0 spiro atoms. The second-order valence-corrected chi connectivity index (χ2v) is 7.48. The van der Waals surface area contributed by atoms with E-state index in [1.807, 2.05) is 0 Å². The Morgan fingerprint density at radius 3 is 3.04 bits per heavy atom. The Balaban J connectivity index is 0.00000225. The van der Waals surface area contributed by atoms with E-state index in [-0.39, 0.29) is 18.3 Å². The third-order valence-electron chi connectivity index (χ3n) is 5.41. The van der Waals surface area contributed by atoms with E-state index in [2.05, 4.69) is 43.4 Å². The van der Waals surface area contributed by atoms with E-state index in [1.165, 1.54) is 23.4 Å². The molecule has 0 atom stereocenters. The SMILES string of the molecule is Cc1nc(CCNC(=O)CCc2cc3n(n2)CCCNC3)nc2c1CCC2.Cl. The Hall–Kier alpha value is -1.99. The molecular formula is C20H29ClN6O. The van der Waals surface area contributed by atoms with Crippen molar-refractivity contribution in [2.24, 2.45) is 0 Å². The molecule has 28 heavy (non-hydrogen) atoms. The van der Waals surface area contributed by atoms with Gasteiger partial charge in [-0.1, -0.05) is 0 Å². The minimum absolute atomic E-state index is 0. The number of aromatic nitrogens is 4. The average Bonchev–Trinajstić information content (AvgIpc) is 3.22. The van der Waals surface area contributed by atoms with Crippen molar-refractivity contribution < 1.29 is 4.79 Å². The van der Waals surface area contributed by atoms with Gasteiger partial charge in [-0.2, -0.15) is 5.10 Å². The van der Waals surface area contributed by atoms with E-state index in [4.69, 9.17) is 0 Å². The number of hydrogen-bond acceptors (Lipinski definition) is 5. The van der Waals surface area contributed by atoms with Gasteiger partial charge in [-0.05, 0) is 50.8 Å². The Labute approximate surface area is 172 Å². The number of amides is 1. The molecule has 0 saturated heterocycles. The highest BCUT2D eigenvalue weighted by molar-refractivity contribution is 5.85. The third-order valence-corrected chi connectivity index (χ3v) is 5.41. The van der Waals surface area contributed by atoms with Crippen LogP contribution in [0, 0.1) is 6.92 Å². The van der Waals surface area contributed by atoms with Crippen molar-refractivity contribution in [2.75, 3.05) is 13.1 Å². The number of rotatable bonds is 6. The van der Waals surface area contributed by atoms with Crippen LogP contribution >= 0.6 is 12.4 Å². The number of nitrogens with zero attached hydrogens (tertiary/aromatic N) is 4. The topological polar surface area (TPSA) is 84.7 Å². The van der Waals surface area contributed by atoms with Crippen LogP contribution in [0.25, 0.3) is 0 Å². The summed E-state index contributed by atoms with van der Waals surface area (Å²) in [7, 11) is 0. The highest BCUT2D eigenvalue weighted by Gasteiger charge is 2.17. The van der Waals surface area contributed by atoms with Crippen molar-refractivity contribution >= 4 is 18.3 Å². The highest BCUT2D eigenvalue weighted by atomic mass is 35.5. The summed E-state index contributed by atoms with van der Waals surface area (Å²) in [6, 6.07) is 2.12. The van der Waals surface area contributed by atoms with Crippen LogP contribution in [0.4, 0.5) is 0 Å². The van der Waals surface area contributed by atoms with E-state index >= 15 is 0 Å². The van der Waals surface area contributed by atoms with Gasteiger partial charge in [-0.25, -0.2) is 9.97 Å². The highest BCUT2D eigenvalue weighted by Crippen LogP contribution is 2.22. The van der Waals surface area contributed by atoms with Gasteiger partial charge in [0.15, 0.2) is 0 Å². The lowest BCUT2D eigenvalue weighted by molar-refractivity contribution is -0.121. The van der Waals surface area contributed by atoms with Crippen LogP contribution in [-0.4, -0.2) is 38.7 Å². The number of carbonyl (C=O) groups excluding carboxylic acids is 1. The largest absolute Gasteiger partial charge is 0.356 e. The first-order valence-corrected chi connectivity index (χ1v) is 10.1. The molecule has 4 rings (SSSR count). The normalized spacial score (nSPS) is 15.3. The molecule has 0 unspecified atom stereocenters. The first kappa shape index (κ1) is 20.7. The van der Waals surface area contributed by atoms with Gasteiger partial charge in [0.1, 0.15) is 5.82 Å². The average molecular weight is 405 g/mol. The van der Waals surface area contributed by atoms with Crippen molar-refractivity contribution in [3.63, 3.8) is 0 Å². The fraction of sp³-hybridized carbons (Fsp3) is 0.600. The number of nitrogens with one attached hydrogen (secondary N) is 2. The van der Waals surface area contributed by atoms with Crippen LogP contribution in [0.5, 0.6) is 0 Å². The lowest BCUT2D eigenvalue weighted by atomic mass is 10.2. The van der Waals surface area contributed by atoms with Crippen molar-refractivity contribution in [3.05, 3.63) is 40.2 Å². The lowest BCUT2D eigenvalue weighted by Crippen LogP contribution is -2.26. The van der Waals surface area contributed by atoms with Gasteiger partial charge < -0.3 is 10.6 Å². The maximum Gasteiger partial charge on any atom is 0.220 e. The van der Waals surface area contributed by atoms with E-state index in [9.17, 15) is 4.79 Å². The van der Waals surface area contributed by atoms with Crippen molar-refractivity contribution in [1.82, 2.24) is 30.4 Å². The van der Waals surface area contributed by atoms with Crippen molar-refractivity contribution in [3.8, 4) is 0 Å². The molecule has 1 aliphatic carbocycles. The second kappa shape index (κ2) is 9.47. The molecule has 3 heterocycles. The van der Waals surface area contributed by atoms with Crippen LogP contribution in [0.3, 0.4) is 0 Å². The summed E-state index contributed by atoms with van der Waals surface area (Å²) < 4.78 is 2.07. The van der Waals surface area contributed by atoms with E-state index in [0.717, 1.165) is 56.1 Å². The molecule has 2 aliphatic rings. The number of fused-ring (bicyclic) bond motifs is 2. The summed E-state index contributed by atoms with van der Waals surface area (Å²) in [6.45, 7) is 5.50. The maximum atomic E-state index is 12.2. The van der Waals surface area contributed by atoms with Crippen LogP contribution in [0.2, 0.25) is 0 Å². The fourth-order valence-corrected chi connectivity index (χ4v) is 3.98. The molecule has 2 aromatic heterocycles. The molecule has 7 nitrogen and oxygen atoms in total. The minimum Gasteiger partial charge on any atom is -0.356 e. The van der Waals surface area contributed by atoms with E-state index < -0.39 is 0 Å². The van der Waals surface area contributed by atoms with Crippen LogP contribution in [-0.2, 0) is 43.6 Å². The van der Waals surface area contributed by atoms with Gasteiger partial charge >= 0.3 is 0 Å². The molecule has 2 aromatic rings. The number of carbonyl (C=O) groups is 1. The smallest absolute Gasteiger partial charge is 0.220 e. The summed E-state index contributed by atoms with van der Waals surface area (Å²) >= 11 is 0. The zero-order chi connectivity index (χ0) is 18.6. The molecule has 2 N–H and O–H groups in total. The first-order chi connectivity index (χ1) is 13.2. The molecule has 8 heteroatoms. The van der Waals surface area contributed by atoms with Gasteiger partial charge in [0, 0.05) is 50.3 Å². The van der Waals surface area contributed by atoms with E-state index in [1.54, 1.807) is 0 Å². The quantitative estimate of drug-likeness (QED) is 0.765. The standard InChI is InChI=1S/C20H28N6O.ClH/c1-14-17-4-2-5-18(17)24-19(23-14)8-10-22-20(27)7-6-15-12-16-13-21-9-3-11-26(16)25-15;/h12,21H,2-11,13H2,1H3,(H,22,27);1H. The van der Waals surface area contributed by atoms with Gasteiger partial charge in [0.2, 0.25) is 5.91 Å². The number of aryl methyl sites for hydroxylation is 4. The number of halogens is 1. The fourth-order valence-electron chi connectivity index (χ4n) is 3.98. The minimum atomic E-state index is 0. The molecule has 152 valence electrons. The maximum absolute atomic E-state index is 12.2. The summed E-state index contributed by atoms with van der Waals surface area (Å²) in [5.41, 5.74) is 5.86. The molecule has 1 aliphatic heterocycles. The molecule has 0 aromatic carbocycles. The molecule has 0 fully saturated rings. The predicted octanol–water partition coefficient (Wildman–Crippen LogP) is 1.68. The predicted molar refractivity (Wildman–Crippen MR) is 110 cm³/mol. The zero-order valence-electron chi connectivity index (χ0n) is 16.5. The molecule has 1 amide bonds. The van der Waals surface area contributed by atoms with Crippen molar-refractivity contribution in [1.29, 1.82) is 0 Å². The van der Waals surface area contributed by atoms with E-state index in [0.29, 0.717) is 25.8 Å². The van der Waals surface area contributed by atoms with Gasteiger partial charge in [-0.15, -0.1) is 12.4 Å². The second-order valence-electron chi connectivity index (χ2n) is 7.48. The van der Waals surface area contributed by atoms with Gasteiger partial charge in [0.05, 0.1) is 11.4 Å². The molecular weight excluding hydrogens is 376 g/mol. The summed E-state index contributed by atoms with van der Waals surface area (Å²) in [5, 5.41) is 11.0. The van der Waals surface area contributed by atoms with Gasteiger partial charge in [-0.3, -0.25) is 9.48 Å². The zero-order valence-corrected chi connectivity index (χ0v) is 17.3. The lowest BCUT2D eigenvalue weighted by Gasteiger charge is -2.08. The molecule has 0 bridgehead atoms. The Morgan fingerprint density at radius 2 is 2.14 bits per heavy atom.